The molecule has 1 aromatic rings. The van der Waals surface area contributed by atoms with E-state index in [1.807, 2.05) is 49.1 Å². The molecule has 1 aromatic carbocycles. The number of nitrogens with one attached hydrogen (secondary N) is 1. The maximum atomic E-state index is 12.4. The number of amides is 2. The highest BCUT2D eigenvalue weighted by Gasteiger charge is 2.24. The summed E-state index contributed by atoms with van der Waals surface area (Å²) in [7, 11) is 0. The van der Waals surface area contributed by atoms with Gasteiger partial charge in [0.2, 0.25) is 11.8 Å². The van der Waals surface area contributed by atoms with E-state index in [0.29, 0.717) is 18.2 Å². The number of hydrogen-bond acceptors (Lipinski definition) is 3. The largest absolute Gasteiger partial charge is 0.356 e. The minimum atomic E-state index is 0.0126. The SMILES string of the molecule is CC(C)C(=O)NC[C@H]1CCCN(C(=O)CSc2ccccc2)C1. The first kappa shape index (κ1) is 17.9. The van der Waals surface area contributed by atoms with Crippen LogP contribution in [0.2, 0.25) is 0 Å². The van der Waals surface area contributed by atoms with E-state index in [1.54, 1.807) is 11.8 Å². The monoisotopic (exact) mass is 334 g/mol. The topological polar surface area (TPSA) is 49.4 Å². The van der Waals surface area contributed by atoms with Crippen LogP contribution in [-0.2, 0) is 9.59 Å². The van der Waals surface area contributed by atoms with E-state index in [0.717, 1.165) is 30.8 Å². The molecular formula is C18H26N2O2S. The first-order valence-electron chi connectivity index (χ1n) is 8.29. The second-order valence-electron chi connectivity index (χ2n) is 6.35. The first-order chi connectivity index (χ1) is 11.1. The standard InChI is InChI=1S/C18H26N2O2S/c1-14(2)18(22)19-11-15-7-6-10-20(12-15)17(21)13-23-16-8-4-3-5-9-16/h3-5,8-9,14-15H,6-7,10-13H2,1-2H3,(H,19,22)/t15-/m1/s1. The number of thioether (sulfide) groups is 1. The molecule has 2 amide bonds. The third kappa shape index (κ3) is 5.90. The van der Waals surface area contributed by atoms with Crippen molar-refractivity contribution in [2.75, 3.05) is 25.4 Å². The molecule has 4 nitrogen and oxygen atoms in total. The molecule has 1 fully saturated rings. The Morgan fingerprint density at radius 3 is 2.74 bits per heavy atom. The van der Waals surface area contributed by atoms with Crippen LogP contribution in [0.25, 0.3) is 0 Å². The van der Waals surface area contributed by atoms with Crippen molar-refractivity contribution in [3.8, 4) is 0 Å². The summed E-state index contributed by atoms with van der Waals surface area (Å²) in [6.07, 6.45) is 2.10. The zero-order chi connectivity index (χ0) is 16.7. The van der Waals surface area contributed by atoms with Crippen LogP contribution in [0.1, 0.15) is 26.7 Å². The molecule has 0 unspecified atom stereocenters. The fraction of sp³-hybridized carbons (Fsp3) is 0.556. The fourth-order valence-corrected chi connectivity index (χ4v) is 3.48. The highest BCUT2D eigenvalue weighted by Crippen LogP contribution is 2.20. The summed E-state index contributed by atoms with van der Waals surface area (Å²) in [5.74, 6) is 1.15. The van der Waals surface area contributed by atoms with Crippen molar-refractivity contribution in [3.63, 3.8) is 0 Å². The van der Waals surface area contributed by atoms with Crippen molar-refractivity contribution in [3.05, 3.63) is 30.3 Å². The van der Waals surface area contributed by atoms with Gasteiger partial charge in [-0.15, -0.1) is 11.8 Å². The molecule has 0 saturated carbocycles. The summed E-state index contributed by atoms with van der Waals surface area (Å²) in [5, 5.41) is 2.99. The van der Waals surface area contributed by atoms with E-state index in [4.69, 9.17) is 0 Å². The second-order valence-corrected chi connectivity index (χ2v) is 7.40. The van der Waals surface area contributed by atoms with Gasteiger partial charge in [0, 0.05) is 30.4 Å². The van der Waals surface area contributed by atoms with E-state index < -0.39 is 0 Å². The molecule has 0 aliphatic carbocycles. The molecule has 0 spiro atoms. The lowest BCUT2D eigenvalue weighted by Crippen LogP contribution is -2.44. The molecule has 1 aliphatic rings. The Hall–Kier alpha value is -1.49. The van der Waals surface area contributed by atoms with Gasteiger partial charge < -0.3 is 10.2 Å². The molecule has 126 valence electrons. The molecule has 0 aromatic heterocycles. The maximum Gasteiger partial charge on any atom is 0.232 e. The van der Waals surface area contributed by atoms with Gasteiger partial charge in [0.05, 0.1) is 5.75 Å². The van der Waals surface area contributed by atoms with E-state index in [9.17, 15) is 9.59 Å². The summed E-state index contributed by atoms with van der Waals surface area (Å²) in [6.45, 7) is 6.06. The van der Waals surface area contributed by atoms with Crippen LogP contribution < -0.4 is 5.32 Å². The first-order valence-corrected chi connectivity index (χ1v) is 9.28. The molecule has 1 atom stereocenters. The quantitative estimate of drug-likeness (QED) is 0.814. The minimum Gasteiger partial charge on any atom is -0.356 e. The van der Waals surface area contributed by atoms with Crippen molar-refractivity contribution >= 4 is 23.6 Å². The summed E-state index contributed by atoms with van der Waals surface area (Å²) in [5.41, 5.74) is 0. The van der Waals surface area contributed by atoms with E-state index in [-0.39, 0.29) is 17.7 Å². The van der Waals surface area contributed by atoms with Crippen LogP contribution in [0, 0.1) is 11.8 Å². The molecule has 1 N–H and O–H groups in total. The number of nitrogens with zero attached hydrogens (tertiary/aromatic N) is 1. The number of carbonyl (C=O) groups is 2. The molecular weight excluding hydrogens is 308 g/mol. The third-order valence-corrected chi connectivity index (χ3v) is 5.06. The molecule has 1 saturated heterocycles. The molecule has 1 aliphatic heterocycles. The second kappa shape index (κ2) is 8.96. The molecule has 1 heterocycles. The maximum absolute atomic E-state index is 12.4. The summed E-state index contributed by atoms with van der Waals surface area (Å²) in [6, 6.07) is 10.0. The lowest BCUT2D eigenvalue weighted by Gasteiger charge is -2.33. The van der Waals surface area contributed by atoms with Gasteiger partial charge in [-0.2, -0.15) is 0 Å². The number of piperidine rings is 1. The smallest absolute Gasteiger partial charge is 0.232 e. The zero-order valence-electron chi connectivity index (χ0n) is 14.0. The van der Waals surface area contributed by atoms with Crippen LogP contribution in [0.5, 0.6) is 0 Å². The van der Waals surface area contributed by atoms with Crippen LogP contribution in [-0.4, -0.2) is 42.1 Å². The highest BCUT2D eigenvalue weighted by molar-refractivity contribution is 8.00. The predicted octanol–water partition coefficient (Wildman–Crippen LogP) is 2.79. The Balaban J connectivity index is 1.76. The van der Waals surface area contributed by atoms with Gasteiger partial charge in [0.15, 0.2) is 0 Å². The minimum absolute atomic E-state index is 0.0126. The summed E-state index contributed by atoms with van der Waals surface area (Å²) < 4.78 is 0. The normalized spacial score (nSPS) is 18.0. The van der Waals surface area contributed by atoms with Crippen LogP contribution >= 0.6 is 11.8 Å². The van der Waals surface area contributed by atoms with Gasteiger partial charge in [0.25, 0.3) is 0 Å². The van der Waals surface area contributed by atoms with E-state index in [2.05, 4.69) is 5.32 Å². The molecule has 0 radical (unpaired) electrons. The fourth-order valence-electron chi connectivity index (χ4n) is 2.66. The number of rotatable bonds is 6. The van der Waals surface area contributed by atoms with Crippen molar-refractivity contribution in [2.24, 2.45) is 11.8 Å². The Labute approximate surface area is 143 Å². The van der Waals surface area contributed by atoms with Gasteiger partial charge in [0.1, 0.15) is 0 Å². The number of carbonyl (C=O) groups excluding carboxylic acids is 2. The lowest BCUT2D eigenvalue weighted by molar-refractivity contribution is -0.130. The third-order valence-electron chi connectivity index (χ3n) is 4.07. The Kier molecular flexibility index (Phi) is 6.96. The Morgan fingerprint density at radius 1 is 1.30 bits per heavy atom. The van der Waals surface area contributed by atoms with Crippen LogP contribution in [0.4, 0.5) is 0 Å². The van der Waals surface area contributed by atoms with Gasteiger partial charge in [-0.05, 0) is 30.9 Å². The zero-order valence-corrected chi connectivity index (χ0v) is 14.8. The van der Waals surface area contributed by atoms with E-state index in [1.165, 1.54) is 0 Å². The van der Waals surface area contributed by atoms with Crippen molar-refractivity contribution in [1.29, 1.82) is 0 Å². The average molecular weight is 334 g/mol. The molecule has 0 bridgehead atoms. The Morgan fingerprint density at radius 2 is 2.04 bits per heavy atom. The average Bonchev–Trinajstić information content (AvgIpc) is 2.58. The molecule has 5 heteroatoms. The van der Waals surface area contributed by atoms with Gasteiger partial charge >= 0.3 is 0 Å². The summed E-state index contributed by atoms with van der Waals surface area (Å²) >= 11 is 1.58. The van der Waals surface area contributed by atoms with Crippen molar-refractivity contribution in [1.82, 2.24) is 10.2 Å². The number of hydrogen-bond donors (Lipinski definition) is 1. The van der Waals surface area contributed by atoms with Gasteiger partial charge in [-0.1, -0.05) is 32.0 Å². The van der Waals surface area contributed by atoms with Gasteiger partial charge in [-0.25, -0.2) is 0 Å². The molecule has 2 rings (SSSR count). The molecule has 23 heavy (non-hydrogen) atoms. The van der Waals surface area contributed by atoms with Crippen molar-refractivity contribution < 1.29 is 9.59 Å². The Bertz CT molecular complexity index is 519. The number of likely N-dealkylation sites (tertiary alicyclic amines) is 1. The lowest BCUT2D eigenvalue weighted by atomic mass is 9.97. The van der Waals surface area contributed by atoms with Gasteiger partial charge in [-0.3, -0.25) is 9.59 Å². The van der Waals surface area contributed by atoms with Crippen LogP contribution in [0.3, 0.4) is 0 Å². The van der Waals surface area contributed by atoms with Crippen LogP contribution in [0.15, 0.2) is 35.2 Å². The van der Waals surface area contributed by atoms with Crippen molar-refractivity contribution in [2.45, 2.75) is 31.6 Å². The number of benzene rings is 1. The highest BCUT2D eigenvalue weighted by atomic mass is 32.2. The van der Waals surface area contributed by atoms with E-state index >= 15 is 0 Å². The summed E-state index contributed by atoms with van der Waals surface area (Å²) in [4.78, 5) is 27.1. The predicted molar refractivity (Wildman–Crippen MR) is 94.3 cm³/mol.